The Morgan fingerprint density at radius 3 is 2.53 bits per heavy atom. The zero-order valence-electron chi connectivity index (χ0n) is 9.90. The van der Waals surface area contributed by atoms with Crippen LogP contribution < -0.4 is 10.5 Å². The van der Waals surface area contributed by atoms with Gasteiger partial charge >= 0.3 is 0 Å². The third-order valence-corrected chi connectivity index (χ3v) is 2.79. The molecule has 0 saturated carbocycles. The Hall–Kier alpha value is -2.01. The first kappa shape index (κ1) is 13.4. The highest BCUT2D eigenvalue weighted by Crippen LogP contribution is 2.18. The molecule has 0 aliphatic rings. The van der Waals surface area contributed by atoms with Crippen LogP contribution in [0.5, 0.6) is 5.75 Å². The number of rotatable bonds is 4. The largest absolute Gasteiger partial charge is 0.489 e. The van der Waals surface area contributed by atoms with Crippen LogP contribution in [-0.4, -0.2) is 4.99 Å². The number of hydrogen-bond acceptors (Lipinski definition) is 2. The summed E-state index contributed by atoms with van der Waals surface area (Å²) in [6.07, 6.45) is 0. The van der Waals surface area contributed by atoms with Gasteiger partial charge in [0.25, 0.3) is 0 Å². The Morgan fingerprint density at radius 2 is 1.84 bits per heavy atom. The van der Waals surface area contributed by atoms with E-state index in [1.807, 2.05) is 18.2 Å². The first-order valence-corrected chi connectivity index (χ1v) is 5.94. The predicted molar refractivity (Wildman–Crippen MR) is 73.0 cm³/mol. The first-order valence-electron chi connectivity index (χ1n) is 5.53. The smallest absolute Gasteiger partial charge is 0.162 e. The second-order valence-electron chi connectivity index (χ2n) is 3.89. The highest BCUT2D eigenvalue weighted by molar-refractivity contribution is 7.80. The molecule has 2 aromatic carbocycles. The van der Waals surface area contributed by atoms with Gasteiger partial charge in [-0.15, -0.1) is 0 Å². The molecule has 2 N–H and O–H groups in total. The summed E-state index contributed by atoms with van der Waals surface area (Å²) in [5.41, 5.74) is 7.09. The van der Waals surface area contributed by atoms with Crippen LogP contribution in [0.3, 0.4) is 0 Å². The normalized spacial score (nSPS) is 10.2. The lowest BCUT2D eigenvalue weighted by atomic mass is 10.1. The van der Waals surface area contributed by atoms with Crippen molar-refractivity contribution in [1.82, 2.24) is 0 Å². The van der Waals surface area contributed by atoms with Crippen molar-refractivity contribution in [3.05, 3.63) is 65.2 Å². The lowest BCUT2D eigenvalue weighted by Crippen LogP contribution is -2.13. The molecule has 0 saturated heterocycles. The third kappa shape index (κ3) is 3.26. The molecule has 0 fully saturated rings. The molecule has 0 atom stereocenters. The summed E-state index contributed by atoms with van der Waals surface area (Å²) < 4.78 is 31.2. The van der Waals surface area contributed by atoms with Crippen LogP contribution in [0.1, 0.15) is 11.1 Å². The summed E-state index contributed by atoms with van der Waals surface area (Å²) in [7, 11) is 0. The molecular weight excluding hydrogens is 268 g/mol. The number of nitrogens with two attached hydrogens (primary N) is 1. The van der Waals surface area contributed by atoms with Gasteiger partial charge in [0.05, 0.1) is 0 Å². The van der Waals surface area contributed by atoms with Crippen LogP contribution in [0, 0.1) is 11.6 Å². The van der Waals surface area contributed by atoms with Gasteiger partial charge in [0.1, 0.15) is 17.3 Å². The number of thiocarbonyl (C=S) groups is 1. The molecule has 0 aromatic heterocycles. The maximum Gasteiger partial charge on any atom is 0.162 e. The minimum Gasteiger partial charge on any atom is -0.489 e. The average Bonchev–Trinajstić information content (AvgIpc) is 2.40. The van der Waals surface area contributed by atoms with Crippen molar-refractivity contribution in [2.24, 2.45) is 5.73 Å². The van der Waals surface area contributed by atoms with Gasteiger partial charge in [-0.3, -0.25) is 0 Å². The fourth-order valence-electron chi connectivity index (χ4n) is 1.61. The molecule has 0 aliphatic carbocycles. The summed E-state index contributed by atoms with van der Waals surface area (Å²) in [4.78, 5) is 0.268. The zero-order chi connectivity index (χ0) is 13.8. The minimum atomic E-state index is -0.944. The van der Waals surface area contributed by atoms with Crippen molar-refractivity contribution >= 4 is 17.2 Å². The maximum absolute atomic E-state index is 13.0. The first-order chi connectivity index (χ1) is 9.08. The van der Waals surface area contributed by atoms with Gasteiger partial charge < -0.3 is 10.5 Å². The van der Waals surface area contributed by atoms with Crippen molar-refractivity contribution in [3.63, 3.8) is 0 Å². The summed E-state index contributed by atoms with van der Waals surface area (Å²) in [6.45, 7) is 0.179. The van der Waals surface area contributed by atoms with Crippen LogP contribution in [0.2, 0.25) is 0 Å². The predicted octanol–water partition coefficient (Wildman–Crippen LogP) is 3.18. The molecular formula is C14H11F2NOS. The molecule has 0 amide bonds. The molecule has 0 spiro atoms. The van der Waals surface area contributed by atoms with E-state index in [9.17, 15) is 8.78 Å². The number of halogens is 2. The molecule has 19 heavy (non-hydrogen) atoms. The monoisotopic (exact) mass is 279 g/mol. The number of benzene rings is 2. The highest BCUT2D eigenvalue weighted by atomic mass is 32.1. The van der Waals surface area contributed by atoms with Crippen LogP contribution >= 0.6 is 12.2 Å². The third-order valence-electron chi connectivity index (χ3n) is 2.57. The Morgan fingerprint density at radius 1 is 1.11 bits per heavy atom. The van der Waals surface area contributed by atoms with E-state index in [4.69, 9.17) is 22.7 Å². The van der Waals surface area contributed by atoms with Gasteiger partial charge in [0.2, 0.25) is 0 Å². The second-order valence-corrected chi connectivity index (χ2v) is 4.33. The zero-order valence-corrected chi connectivity index (χ0v) is 10.7. The van der Waals surface area contributed by atoms with E-state index in [1.54, 1.807) is 6.07 Å². The molecule has 0 unspecified atom stereocenters. The van der Waals surface area contributed by atoms with Gasteiger partial charge in [0.15, 0.2) is 11.6 Å². The number of hydrogen-bond donors (Lipinski definition) is 1. The van der Waals surface area contributed by atoms with Crippen LogP contribution in [0.15, 0.2) is 42.5 Å². The quantitative estimate of drug-likeness (QED) is 0.873. The fraction of sp³-hybridized carbons (Fsp3) is 0.0714. The van der Waals surface area contributed by atoms with Crippen molar-refractivity contribution in [2.75, 3.05) is 0 Å². The minimum absolute atomic E-state index is 0.179. The van der Waals surface area contributed by atoms with E-state index in [2.05, 4.69) is 0 Å². The van der Waals surface area contributed by atoms with E-state index < -0.39 is 11.6 Å². The van der Waals surface area contributed by atoms with Crippen LogP contribution in [-0.2, 0) is 6.61 Å². The van der Waals surface area contributed by atoms with E-state index in [0.29, 0.717) is 5.56 Å². The maximum atomic E-state index is 13.0. The molecule has 0 heterocycles. The Bertz CT molecular complexity index is 616. The summed E-state index contributed by atoms with van der Waals surface area (Å²) in [5.74, 6) is -1.60. The van der Waals surface area contributed by atoms with Gasteiger partial charge in [-0.25, -0.2) is 8.78 Å². The molecule has 0 aliphatic heterocycles. The van der Waals surface area contributed by atoms with Crippen LogP contribution in [0.4, 0.5) is 8.78 Å². The molecule has 0 bridgehead atoms. The van der Waals surface area contributed by atoms with Gasteiger partial charge in [-0.1, -0.05) is 36.5 Å². The Balaban J connectivity index is 2.14. The van der Waals surface area contributed by atoms with Crippen molar-refractivity contribution in [3.8, 4) is 5.75 Å². The Kier molecular flexibility index (Phi) is 4.06. The molecule has 2 rings (SSSR count). The average molecular weight is 279 g/mol. The van der Waals surface area contributed by atoms with Crippen molar-refractivity contribution < 1.29 is 13.5 Å². The number of ether oxygens (including phenoxy) is 1. The Labute approximate surface area is 114 Å². The molecule has 0 radical (unpaired) electrons. The van der Waals surface area contributed by atoms with E-state index in [-0.39, 0.29) is 17.3 Å². The van der Waals surface area contributed by atoms with Crippen molar-refractivity contribution in [2.45, 2.75) is 6.61 Å². The SMILES string of the molecule is NC(=S)c1ccccc1COc1ccc(F)c(F)c1. The summed E-state index contributed by atoms with van der Waals surface area (Å²) in [5, 5.41) is 0. The van der Waals surface area contributed by atoms with Crippen molar-refractivity contribution in [1.29, 1.82) is 0 Å². The molecule has 98 valence electrons. The van der Waals surface area contributed by atoms with Gasteiger partial charge in [0, 0.05) is 11.6 Å². The highest BCUT2D eigenvalue weighted by Gasteiger charge is 2.07. The van der Waals surface area contributed by atoms with E-state index >= 15 is 0 Å². The standard InChI is InChI=1S/C14H11F2NOS/c15-12-6-5-10(7-13(12)16)18-8-9-3-1-2-4-11(9)14(17)19/h1-7H,8H2,(H2,17,19). The van der Waals surface area contributed by atoms with Gasteiger partial charge in [-0.05, 0) is 17.7 Å². The van der Waals surface area contributed by atoms with E-state index in [1.165, 1.54) is 6.07 Å². The lowest BCUT2D eigenvalue weighted by Gasteiger charge is -2.10. The molecule has 5 heteroatoms. The van der Waals surface area contributed by atoms with Crippen LogP contribution in [0.25, 0.3) is 0 Å². The molecule has 2 nitrogen and oxygen atoms in total. The summed E-state index contributed by atoms with van der Waals surface area (Å²) >= 11 is 4.93. The topological polar surface area (TPSA) is 35.2 Å². The fourth-order valence-corrected chi connectivity index (χ4v) is 1.81. The molecule has 2 aromatic rings. The lowest BCUT2D eigenvalue weighted by molar-refractivity contribution is 0.303. The van der Waals surface area contributed by atoms with Gasteiger partial charge in [-0.2, -0.15) is 0 Å². The summed E-state index contributed by atoms with van der Waals surface area (Å²) in [6, 6.07) is 10.6. The second kappa shape index (κ2) is 5.75. The van der Waals surface area contributed by atoms with E-state index in [0.717, 1.165) is 17.7 Å².